The van der Waals surface area contributed by atoms with Crippen molar-refractivity contribution in [2.75, 3.05) is 52.5 Å². The van der Waals surface area contributed by atoms with Crippen molar-refractivity contribution in [2.45, 2.75) is 5.38 Å². The number of hydrogen-bond acceptors (Lipinski definition) is 6. The summed E-state index contributed by atoms with van der Waals surface area (Å²) in [6, 6.07) is 9.81. The number of benzene rings is 2. The average molecular weight is 403 g/mol. The van der Waals surface area contributed by atoms with Gasteiger partial charge in [-0.05, 0) is 24.3 Å². The van der Waals surface area contributed by atoms with E-state index in [2.05, 4.69) is 4.90 Å². The average Bonchev–Trinajstić information content (AvgIpc) is 2.72. The Balaban J connectivity index is 1.89. The van der Waals surface area contributed by atoms with Crippen molar-refractivity contribution < 1.29 is 18.9 Å². The minimum atomic E-state index is -0.0958. The van der Waals surface area contributed by atoms with Crippen LogP contribution in [0.1, 0.15) is 11.1 Å². The summed E-state index contributed by atoms with van der Waals surface area (Å²) >= 11 is 6.51. The normalized spacial score (nSPS) is 18.5. The SMILES string of the molecule is COc1ccc(C2=NCC(Cl)CN(C)c3cc4c(cc32)OCCO4)cc1OC. The number of methoxy groups -OCH3 is 2. The second-order valence-electron chi connectivity index (χ2n) is 6.75. The van der Waals surface area contributed by atoms with Crippen molar-refractivity contribution in [3.05, 3.63) is 41.5 Å². The maximum Gasteiger partial charge on any atom is 0.163 e. The molecule has 0 saturated heterocycles. The molecule has 4 rings (SSSR count). The molecule has 2 heterocycles. The molecule has 0 aromatic heterocycles. The van der Waals surface area contributed by atoms with E-state index < -0.39 is 0 Å². The van der Waals surface area contributed by atoms with Crippen LogP contribution in [-0.4, -0.2) is 58.7 Å². The molecule has 0 saturated carbocycles. The number of ether oxygens (including phenoxy) is 4. The number of fused-ring (bicyclic) bond motifs is 2. The van der Waals surface area contributed by atoms with E-state index >= 15 is 0 Å². The molecule has 2 aliphatic rings. The summed E-state index contributed by atoms with van der Waals surface area (Å²) in [5, 5.41) is -0.0958. The molecular weight excluding hydrogens is 380 g/mol. The molecule has 7 heteroatoms. The molecule has 0 aliphatic carbocycles. The van der Waals surface area contributed by atoms with Gasteiger partial charge in [-0.2, -0.15) is 0 Å². The van der Waals surface area contributed by atoms with Crippen LogP contribution in [0.25, 0.3) is 0 Å². The third-order valence-electron chi connectivity index (χ3n) is 4.90. The summed E-state index contributed by atoms with van der Waals surface area (Å²) in [5.74, 6) is 2.80. The number of aliphatic imine (C=N–C) groups is 1. The first kappa shape index (κ1) is 18.7. The van der Waals surface area contributed by atoms with Crippen LogP contribution >= 0.6 is 11.6 Å². The van der Waals surface area contributed by atoms with Crippen molar-refractivity contribution in [1.29, 1.82) is 0 Å². The highest BCUT2D eigenvalue weighted by atomic mass is 35.5. The Kier molecular flexibility index (Phi) is 5.22. The van der Waals surface area contributed by atoms with Gasteiger partial charge in [-0.3, -0.25) is 4.99 Å². The van der Waals surface area contributed by atoms with Crippen LogP contribution in [-0.2, 0) is 0 Å². The van der Waals surface area contributed by atoms with Crippen molar-refractivity contribution in [3.8, 4) is 23.0 Å². The van der Waals surface area contributed by atoms with Crippen LogP contribution in [0.3, 0.4) is 0 Å². The lowest BCUT2D eigenvalue weighted by atomic mass is 9.97. The fourth-order valence-electron chi connectivity index (χ4n) is 3.54. The highest BCUT2D eigenvalue weighted by Gasteiger charge is 2.25. The summed E-state index contributed by atoms with van der Waals surface area (Å²) in [6.07, 6.45) is 0. The van der Waals surface area contributed by atoms with E-state index in [1.165, 1.54) is 0 Å². The molecule has 2 aromatic rings. The van der Waals surface area contributed by atoms with Gasteiger partial charge >= 0.3 is 0 Å². The van der Waals surface area contributed by atoms with Gasteiger partial charge in [0.1, 0.15) is 13.2 Å². The fourth-order valence-corrected chi connectivity index (χ4v) is 3.82. The Morgan fingerprint density at radius 2 is 1.75 bits per heavy atom. The molecule has 0 bridgehead atoms. The lowest BCUT2D eigenvalue weighted by molar-refractivity contribution is 0.171. The summed E-state index contributed by atoms with van der Waals surface area (Å²) in [7, 11) is 5.28. The summed E-state index contributed by atoms with van der Waals surface area (Å²) in [5.41, 5.74) is 3.74. The van der Waals surface area contributed by atoms with Crippen LogP contribution in [0.4, 0.5) is 5.69 Å². The number of nitrogens with zero attached hydrogens (tertiary/aromatic N) is 2. The van der Waals surface area contributed by atoms with Gasteiger partial charge in [-0.25, -0.2) is 0 Å². The van der Waals surface area contributed by atoms with Crippen LogP contribution in [0.5, 0.6) is 23.0 Å². The quantitative estimate of drug-likeness (QED) is 0.737. The number of alkyl halides is 1. The number of rotatable bonds is 3. The predicted molar refractivity (Wildman–Crippen MR) is 110 cm³/mol. The van der Waals surface area contributed by atoms with Gasteiger partial charge in [0, 0.05) is 36.5 Å². The fraction of sp³-hybridized carbons (Fsp3) is 0.381. The molecule has 2 aromatic carbocycles. The van der Waals surface area contributed by atoms with Gasteiger partial charge < -0.3 is 23.8 Å². The molecule has 28 heavy (non-hydrogen) atoms. The summed E-state index contributed by atoms with van der Waals surface area (Å²) < 4.78 is 22.5. The predicted octanol–water partition coefficient (Wildman–Crippen LogP) is 3.37. The Morgan fingerprint density at radius 1 is 1.04 bits per heavy atom. The molecular formula is C21H23ClN2O4. The molecule has 1 unspecified atom stereocenters. The van der Waals surface area contributed by atoms with Gasteiger partial charge in [-0.15, -0.1) is 11.6 Å². The third kappa shape index (κ3) is 3.44. The first-order chi connectivity index (χ1) is 13.6. The molecule has 1 atom stereocenters. The lowest BCUT2D eigenvalue weighted by Gasteiger charge is -2.30. The molecule has 0 spiro atoms. The summed E-state index contributed by atoms with van der Waals surface area (Å²) in [6.45, 7) is 2.29. The molecule has 6 nitrogen and oxygen atoms in total. The van der Waals surface area contributed by atoms with E-state index in [1.54, 1.807) is 14.2 Å². The Hall–Kier alpha value is -2.60. The number of anilines is 1. The van der Waals surface area contributed by atoms with E-state index in [-0.39, 0.29) is 5.38 Å². The van der Waals surface area contributed by atoms with Gasteiger partial charge in [0.25, 0.3) is 0 Å². The Morgan fingerprint density at radius 3 is 2.46 bits per heavy atom. The monoisotopic (exact) mass is 402 g/mol. The van der Waals surface area contributed by atoms with Gasteiger partial charge in [0.2, 0.25) is 0 Å². The minimum absolute atomic E-state index is 0.0958. The van der Waals surface area contributed by atoms with Gasteiger partial charge in [0.05, 0.1) is 31.9 Å². The van der Waals surface area contributed by atoms with Crippen LogP contribution in [0, 0.1) is 0 Å². The molecule has 0 fully saturated rings. The van der Waals surface area contributed by atoms with Crippen molar-refractivity contribution >= 4 is 23.0 Å². The van der Waals surface area contributed by atoms with E-state index in [1.807, 2.05) is 37.4 Å². The maximum atomic E-state index is 6.51. The van der Waals surface area contributed by atoms with Crippen LogP contribution in [0.15, 0.2) is 35.3 Å². The Bertz CT molecular complexity index is 916. The maximum absolute atomic E-state index is 6.51. The highest BCUT2D eigenvalue weighted by Crippen LogP contribution is 2.39. The molecule has 2 aliphatic heterocycles. The smallest absolute Gasteiger partial charge is 0.163 e. The van der Waals surface area contributed by atoms with Crippen molar-refractivity contribution in [2.24, 2.45) is 4.99 Å². The van der Waals surface area contributed by atoms with Gasteiger partial charge in [-0.1, -0.05) is 0 Å². The highest BCUT2D eigenvalue weighted by molar-refractivity contribution is 6.22. The zero-order chi connectivity index (χ0) is 19.7. The molecule has 0 N–H and O–H groups in total. The topological polar surface area (TPSA) is 52.5 Å². The van der Waals surface area contributed by atoms with Gasteiger partial charge in [0.15, 0.2) is 23.0 Å². The zero-order valence-corrected chi connectivity index (χ0v) is 17.0. The van der Waals surface area contributed by atoms with Crippen molar-refractivity contribution in [3.63, 3.8) is 0 Å². The Labute approximate surface area is 169 Å². The van der Waals surface area contributed by atoms with Crippen molar-refractivity contribution in [1.82, 2.24) is 0 Å². The largest absolute Gasteiger partial charge is 0.493 e. The molecule has 0 amide bonds. The number of hydrogen-bond donors (Lipinski definition) is 0. The second-order valence-corrected chi connectivity index (χ2v) is 7.37. The van der Waals surface area contributed by atoms with E-state index in [4.69, 9.17) is 35.5 Å². The van der Waals surface area contributed by atoms with E-state index in [0.717, 1.165) is 34.0 Å². The second kappa shape index (κ2) is 7.80. The first-order valence-electron chi connectivity index (χ1n) is 9.16. The summed E-state index contributed by atoms with van der Waals surface area (Å²) in [4.78, 5) is 6.99. The van der Waals surface area contributed by atoms with Crippen LogP contribution in [0.2, 0.25) is 0 Å². The number of halogens is 1. The third-order valence-corrected chi connectivity index (χ3v) is 5.18. The van der Waals surface area contributed by atoms with Crippen LogP contribution < -0.4 is 23.8 Å². The standard InChI is InChI=1S/C21H23ClN2O4/c1-24-12-14(22)11-23-21(13-4-5-17(25-2)18(8-13)26-3)15-9-19-20(10-16(15)24)28-7-6-27-19/h4-5,8-10,14H,6-7,11-12H2,1-3H3. The van der Waals surface area contributed by atoms with E-state index in [0.29, 0.717) is 37.8 Å². The molecule has 148 valence electrons. The minimum Gasteiger partial charge on any atom is -0.493 e. The lowest BCUT2D eigenvalue weighted by Crippen LogP contribution is -2.31. The first-order valence-corrected chi connectivity index (χ1v) is 9.60. The van der Waals surface area contributed by atoms with E-state index in [9.17, 15) is 0 Å². The molecule has 0 radical (unpaired) electrons. The zero-order valence-electron chi connectivity index (χ0n) is 16.2.